The summed E-state index contributed by atoms with van der Waals surface area (Å²) in [6.07, 6.45) is 23.1. The van der Waals surface area contributed by atoms with Crippen molar-refractivity contribution < 1.29 is 0 Å². The number of fused-ring (bicyclic) bond motifs is 3. The van der Waals surface area contributed by atoms with E-state index >= 15 is 0 Å². The Bertz CT molecular complexity index is 1240. The molecule has 160 valence electrons. The van der Waals surface area contributed by atoms with Gasteiger partial charge < -0.3 is 4.90 Å². The largest absolute Gasteiger partial charge is 0.344 e. The third-order valence-corrected chi connectivity index (χ3v) is 8.59. The zero-order valence-electron chi connectivity index (χ0n) is 18.6. The third-order valence-electron chi connectivity index (χ3n) is 6.31. The number of hydrogen-bond acceptors (Lipinski definition) is 1. The van der Waals surface area contributed by atoms with Crippen LogP contribution in [0, 0.1) is 0 Å². The number of nitrogens with zero attached hydrogens (tertiary/aromatic N) is 1. The number of benzene rings is 2. The first-order chi connectivity index (χ1) is 15.8. The maximum Gasteiger partial charge on any atom is 0.0499 e. The van der Waals surface area contributed by atoms with E-state index in [1.54, 1.807) is 4.86 Å². The molecule has 5 rings (SSSR count). The van der Waals surface area contributed by atoms with Crippen molar-refractivity contribution in [2.45, 2.75) is 24.2 Å². The van der Waals surface area contributed by atoms with Gasteiger partial charge in [-0.1, -0.05) is 79.4 Å². The van der Waals surface area contributed by atoms with Crippen molar-refractivity contribution in [3.8, 4) is 0 Å². The summed E-state index contributed by atoms with van der Waals surface area (Å²) in [6, 6.07) is 15.5. The van der Waals surface area contributed by atoms with E-state index in [4.69, 9.17) is 0 Å². The average molecular weight is 436 g/mol. The van der Waals surface area contributed by atoms with Gasteiger partial charge in [0.15, 0.2) is 0 Å². The number of aryl methyl sites for hydroxylation is 1. The summed E-state index contributed by atoms with van der Waals surface area (Å²) in [6.45, 7) is 4.10. The van der Waals surface area contributed by atoms with Crippen molar-refractivity contribution in [2.24, 2.45) is 0 Å². The number of rotatable bonds is 8. The van der Waals surface area contributed by atoms with Crippen molar-refractivity contribution in [2.75, 3.05) is 17.7 Å². The van der Waals surface area contributed by atoms with Gasteiger partial charge in [0.1, 0.15) is 0 Å². The molecule has 0 saturated heterocycles. The van der Waals surface area contributed by atoms with Crippen LogP contribution in [0.15, 0.2) is 114 Å². The number of anilines is 1. The summed E-state index contributed by atoms with van der Waals surface area (Å²) in [7, 11) is 2.45. The molecule has 2 aliphatic heterocycles. The lowest BCUT2D eigenvalue weighted by Crippen LogP contribution is -2.19. The molecule has 2 heterocycles. The van der Waals surface area contributed by atoms with Gasteiger partial charge in [-0.3, -0.25) is 0 Å². The molecule has 0 N–H and O–H groups in total. The van der Waals surface area contributed by atoms with E-state index in [0.717, 1.165) is 25.0 Å². The van der Waals surface area contributed by atoms with Crippen molar-refractivity contribution in [3.05, 3.63) is 126 Å². The molecule has 0 saturated carbocycles. The minimum absolute atomic E-state index is 0.292. The highest BCUT2D eigenvalue weighted by atomic mass is 32.2. The molecule has 0 amide bonds. The summed E-state index contributed by atoms with van der Waals surface area (Å²) < 4.78 is 0. The van der Waals surface area contributed by atoms with Gasteiger partial charge in [0.2, 0.25) is 0 Å². The van der Waals surface area contributed by atoms with Gasteiger partial charge in [0, 0.05) is 45.1 Å². The van der Waals surface area contributed by atoms with Crippen LogP contribution in [0.2, 0.25) is 0 Å². The Morgan fingerprint density at radius 1 is 1.09 bits per heavy atom. The fourth-order valence-corrected chi connectivity index (χ4v) is 6.67. The number of allylic oxidation sites excluding steroid dienone is 9. The minimum Gasteiger partial charge on any atom is -0.344 e. The lowest BCUT2D eigenvalue weighted by atomic mass is 9.98. The van der Waals surface area contributed by atoms with E-state index in [0.29, 0.717) is 10.5 Å². The first-order valence-electron chi connectivity index (χ1n) is 11.3. The van der Waals surface area contributed by atoms with Crippen LogP contribution in [0.1, 0.15) is 29.5 Å². The van der Waals surface area contributed by atoms with Gasteiger partial charge in [0.05, 0.1) is 0 Å². The van der Waals surface area contributed by atoms with Crippen molar-refractivity contribution in [1.29, 1.82) is 0 Å². The second-order valence-electron chi connectivity index (χ2n) is 8.29. The molecule has 0 bridgehead atoms. The minimum atomic E-state index is 0.292. The first-order valence-corrected chi connectivity index (χ1v) is 12.7. The first kappa shape index (κ1) is 20.8. The van der Waals surface area contributed by atoms with Crippen molar-refractivity contribution >= 4 is 26.6 Å². The van der Waals surface area contributed by atoms with E-state index in [1.165, 1.54) is 38.6 Å². The molecule has 0 fully saturated rings. The lowest BCUT2D eigenvalue weighted by Gasteiger charge is -2.30. The quantitative estimate of drug-likeness (QED) is 0.307. The number of hydrogen-bond donors (Lipinski definition) is 0. The van der Waals surface area contributed by atoms with Crippen LogP contribution >= 0.6 is 10.5 Å². The molecule has 2 aromatic carbocycles. The van der Waals surface area contributed by atoms with Crippen LogP contribution < -0.4 is 4.90 Å². The molecular formula is C30H29NS. The van der Waals surface area contributed by atoms with E-state index in [9.17, 15) is 0 Å². The predicted molar refractivity (Wildman–Crippen MR) is 143 cm³/mol. The van der Waals surface area contributed by atoms with E-state index in [-0.39, 0.29) is 0 Å². The standard InChI is InChI=1S/C30H29NS/c1-3-25(18-9-5-8-15-23-13-6-4-7-14-23)31(2)28-22-30-27(29-19-12-20-32(29)30)21-26(28)24-16-10-11-17-24/h3-7,9-10,12-14,16-19,21-22H,1,8,11,15,20H2,2H3/b9-5?,25-18+. The molecule has 32 heavy (non-hydrogen) atoms. The van der Waals surface area contributed by atoms with Crippen molar-refractivity contribution in [3.63, 3.8) is 0 Å². The van der Waals surface area contributed by atoms with Crippen LogP contribution in [0.5, 0.6) is 0 Å². The molecule has 1 nitrogen and oxygen atoms in total. The van der Waals surface area contributed by atoms with Crippen molar-refractivity contribution in [1.82, 2.24) is 0 Å². The van der Waals surface area contributed by atoms with Gasteiger partial charge in [-0.15, -0.1) is 10.5 Å². The van der Waals surface area contributed by atoms with Gasteiger partial charge in [0.25, 0.3) is 0 Å². The second kappa shape index (κ2) is 9.18. The van der Waals surface area contributed by atoms with E-state index in [1.807, 2.05) is 6.08 Å². The van der Waals surface area contributed by atoms with Gasteiger partial charge >= 0.3 is 0 Å². The fourth-order valence-electron chi connectivity index (χ4n) is 4.55. The maximum absolute atomic E-state index is 4.10. The molecule has 2 heteroatoms. The van der Waals surface area contributed by atoms with Gasteiger partial charge in [-0.25, -0.2) is 0 Å². The van der Waals surface area contributed by atoms with Crippen LogP contribution in [0.4, 0.5) is 5.69 Å². The molecular weight excluding hydrogens is 406 g/mol. The zero-order chi connectivity index (χ0) is 21.9. The van der Waals surface area contributed by atoms with Crippen LogP contribution in [0.3, 0.4) is 0 Å². The molecule has 0 radical (unpaired) electrons. The molecule has 3 aliphatic rings. The highest BCUT2D eigenvalue weighted by Crippen LogP contribution is 2.49. The smallest absolute Gasteiger partial charge is 0.0499 e. The molecule has 2 aromatic rings. The Balaban J connectivity index is 1.39. The summed E-state index contributed by atoms with van der Waals surface area (Å²) in [4.78, 5) is 5.35. The average Bonchev–Trinajstić information content (AvgIpc) is 3.50. The fraction of sp³-hybridized carbons (Fsp3) is 0.167. The highest BCUT2D eigenvalue weighted by molar-refractivity contribution is 8.18. The van der Waals surface area contributed by atoms with E-state index in [2.05, 4.69) is 110 Å². The molecule has 1 aliphatic carbocycles. The maximum atomic E-state index is 4.10. The molecule has 1 unspecified atom stereocenters. The summed E-state index contributed by atoms with van der Waals surface area (Å²) in [5.41, 5.74) is 7.85. The normalized spacial score (nSPS) is 18.5. The molecule has 0 aromatic heterocycles. The Labute approximate surface area is 194 Å². The molecule has 0 spiro atoms. The lowest BCUT2D eigenvalue weighted by molar-refractivity contribution is 1.00. The zero-order valence-corrected chi connectivity index (χ0v) is 19.4. The summed E-state index contributed by atoms with van der Waals surface area (Å²) >= 11 is 0. The van der Waals surface area contributed by atoms with Crippen LogP contribution in [-0.4, -0.2) is 17.7 Å². The SMILES string of the molecule is C=C/C(=C\C=CCCc1ccccc1)N(C)c1cc2c(cc1C1=CCC=C1)C1=S2CC=C1. The highest BCUT2D eigenvalue weighted by Gasteiger charge is 2.28. The Hall–Kier alpha value is -3.10. The summed E-state index contributed by atoms with van der Waals surface area (Å²) in [5.74, 6) is 1.17. The number of likely N-dealkylation sites (N-methyl/N-ethyl adjacent to an activating group) is 1. The van der Waals surface area contributed by atoms with Gasteiger partial charge in [-0.2, -0.15) is 0 Å². The second-order valence-corrected chi connectivity index (χ2v) is 10.3. The Morgan fingerprint density at radius 3 is 2.75 bits per heavy atom. The Morgan fingerprint density at radius 2 is 1.97 bits per heavy atom. The Kier molecular flexibility index (Phi) is 5.96. The molecule has 1 atom stereocenters. The third kappa shape index (κ3) is 3.91. The monoisotopic (exact) mass is 435 g/mol. The predicted octanol–water partition coefficient (Wildman–Crippen LogP) is 7.46. The summed E-state index contributed by atoms with van der Waals surface area (Å²) in [5, 5.41) is 0. The topological polar surface area (TPSA) is 3.24 Å². The van der Waals surface area contributed by atoms with Crippen LogP contribution in [0.25, 0.3) is 5.57 Å². The van der Waals surface area contributed by atoms with Crippen LogP contribution in [-0.2, 0) is 6.42 Å². The van der Waals surface area contributed by atoms with E-state index < -0.39 is 0 Å². The van der Waals surface area contributed by atoms with Gasteiger partial charge in [-0.05, 0) is 54.7 Å².